The number of carbonyl (C=O) groups is 1. The minimum atomic E-state index is -2.54. The molecule has 1 amide bonds. The van der Waals surface area contributed by atoms with Crippen LogP contribution in [0.5, 0.6) is 0 Å². The fourth-order valence-corrected chi connectivity index (χ4v) is 3.69. The fraction of sp³-hybridized carbons (Fsp3) is 0.389. The highest BCUT2D eigenvalue weighted by Gasteiger charge is 2.72. The molecule has 124 valence electrons. The third-order valence-corrected chi connectivity index (χ3v) is 5.17. The van der Waals surface area contributed by atoms with Crippen LogP contribution in [0.15, 0.2) is 36.5 Å². The summed E-state index contributed by atoms with van der Waals surface area (Å²) >= 11 is 0. The SMILES string of the molecule is Cc1ccc(NC(=O)C2CC3[C@H](C2)C3(F)F)cc1-c1cccnn1. The van der Waals surface area contributed by atoms with Crippen molar-refractivity contribution in [1.29, 1.82) is 0 Å². The maximum Gasteiger partial charge on any atom is 0.254 e. The van der Waals surface area contributed by atoms with Crippen molar-refractivity contribution in [3.05, 3.63) is 42.1 Å². The number of aromatic nitrogens is 2. The van der Waals surface area contributed by atoms with Gasteiger partial charge < -0.3 is 5.32 Å². The molecule has 2 aliphatic rings. The molecular formula is C18H17F2N3O. The monoisotopic (exact) mass is 329 g/mol. The Labute approximate surface area is 138 Å². The number of carbonyl (C=O) groups excluding carboxylic acids is 1. The number of aryl methyl sites for hydroxylation is 1. The van der Waals surface area contributed by atoms with Gasteiger partial charge in [-0.3, -0.25) is 4.79 Å². The van der Waals surface area contributed by atoms with E-state index in [4.69, 9.17) is 0 Å². The Kier molecular flexibility index (Phi) is 3.37. The maximum absolute atomic E-state index is 13.2. The molecule has 2 unspecified atom stereocenters. The number of halogens is 2. The number of nitrogens with one attached hydrogen (secondary N) is 1. The lowest BCUT2D eigenvalue weighted by molar-refractivity contribution is -0.120. The van der Waals surface area contributed by atoms with Crippen molar-refractivity contribution in [2.24, 2.45) is 17.8 Å². The second-order valence-corrected chi connectivity index (χ2v) is 6.68. The van der Waals surface area contributed by atoms with Crippen molar-refractivity contribution in [2.45, 2.75) is 25.7 Å². The number of fused-ring (bicyclic) bond motifs is 1. The summed E-state index contributed by atoms with van der Waals surface area (Å²) in [6.45, 7) is 1.96. The average Bonchev–Trinajstić information content (AvgIpc) is 2.93. The van der Waals surface area contributed by atoms with Gasteiger partial charge in [0.05, 0.1) is 5.69 Å². The van der Waals surface area contributed by atoms with Crippen molar-refractivity contribution in [3.63, 3.8) is 0 Å². The lowest BCUT2D eigenvalue weighted by atomic mass is 10.0. The van der Waals surface area contributed by atoms with E-state index in [2.05, 4.69) is 15.5 Å². The molecule has 1 N–H and O–H groups in total. The summed E-state index contributed by atoms with van der Waals surface area (Å²) in [5.74, 6) is -4.23. The highest BCUT2D eigenvalue weighted by molar-refractivity contribution is 5.93. The Hall–Kier alpha value is -2.37. The van der Waals surface area contributed by atoms with Crippen molar-refractivity contribution in [1.82, 2.24) is 10.2 Å². The number of anilines is 1. The number of rotatable bonds is 3. The number of benzene rings is 1. The number of nitrogens with zero attached hydrogens (tertiary/aromatic N) is 2. The molecule has 1 aromatic carbocycles. The van der Waals surface area contributed by atoms with Crippen LogP contribution >= 0.6 is 0 Å². The van der Waals surface area contributed by atoms with Crippen molar-refractivity contribution < 1.29 is 13.6 Å². The van der Waals surface area contributed by atoms with Gasteiger partial charge >= 0.3 is 0 Å². The van der Waals surface area contributed by atoms with Crippen LogP contribution in [-0.4, -0.2) is 22.0 Å². The van der Waals surface area contributed by atoms with Gasteiger partial charge in [0.15, 0.2) is 0 Å². The molecule has 0 spiro atoms. The van der Waals surface area contributed by atoms with Crippen LogP contribution in [0.4, 0.5) is 14.5 Å². The molecule has 1 aromatic heterocycles. The van der Waals surface area contributed by atoms with Crippen LogP contribution in [0.1, 0.15) is 18.4 Å². The molecule has 1 heterocycles. The van der Waals surface area contributed by atoms with Gasteiger partial charge in [-0.2, -0.15) is 10.2 Å². The normalized spacial score (nSPS) is 26.7. The Morgan fingerprint density at radius 3 is 2.67 bits per heavy atom. The molecule has 4 rings (SSSR count). The third-order valence-electron chi connectivity index (χ3n) is 5.17. The van der Waals surface area contributed by atoms with Crippen LogP contribution in [0, 0.1) is 24.7 Å². The summed E-state index contributed by atoms with van der Waals surface area (Å²) in [5, 5.41) is 10.8. The van der Waals surface area contributed by atoms with Gasteiger partial charge in [0.1, 0.15) is 0 Å². The summed E-state index contributed by atoms with van der Waals surface area (Å²) in [6.07, 6.45) is 2.17. The Balaban J connectivity index is 1.49. The van der Waals surface area contributed by atoms with Crippen LogP contribution < -0.4 is 5.32 Å². The fourth-order valence-electron chi connectivity index (χ4n) is 3.69. The first kappa shape index (κ1) is 15.2. The summed E-state index contributed by atoms with van der Waals surface area (Å²) in [5.41, 5.74) is 3.29. The van der Waals surface area contributed by atoms with E-state index in [0.717, 1.165) is 16.8 Å². The molecule has 24 heavy (non-hydrogen) atoms. The Morgan fingerprint density at radius 1 is 1.25 bits per heavy atom. The summed E-state index contributed by atoms with van der Waals surface area (Å²) < 4.78 is 26.5. The average molecular weight is 329 g/mol. The van der Waals surface area contributed by atoms with Crippen LogP contribution in [0.25, 0.3) is 11.3 Å². The van der Waals surface area contributed by atoms with Gasteiger partial charge in [-0.25, -0.2) is 8.78 Å². The van der Waals surface area contributed by atoms with Gasteiger partial charge in [0.2, 0.25) is 5.91 Å². The van der Waals surface area contributed by atoms with Gasteiger partial charge in [0, 0.05) is 35.2 Å². The molecule has 2 saturated carbocycles. The van der Waals surface area contributed by atoms with E-state index in [1.807, 2.05) is 31.2 Å². The minimum Gasteiger partial charge on any atom is -0.326 e. The molecule has 0 saturated heterocycles. The molecule has 2 aromatic rings. The lowest BCUT2D eigenvalue weighted by Crippen LogP contribution is -2.23. The van der Waals surface area contributed by atoms with Gasteiger partial charge in [0.25, 0.3) is 5.92 Å². The molecule has 0 radical (unpaired) electrons. The number of amides is 1. The smallest absolute Gasteiger partial charge is 0.254 e. The first-order valence-electron chi connectivity index (χ1n) is 8.04. The number of hydrogen-bond donors (Lipinski definition) is 1. The third kappa shape index (κ3) is 2.46. The van der Waals surface area contributed by atoms with E-state index in [9.17, 15) is 13.6 Å². The standard InChI is InChI=1S/C18H17F2N3O/c1-10-4-5-12(9-13(10)16-3-2-6-21-23-16)22-17(24)11-7-14-15(8-11)18(14,19)20/h2-6,9,11,14-15H,7-8H2,1H3,(H,22,24)/t11?,14-,15?/m0/s1. The Bertz CT molecular complexity index is 780. The molecule has 0 bridgehead atoms. The van der Waals surface area contributed by atoms with Gasteiger partial charge in [-0.15, -0.1) is 0 Å². The summed E-state index contributed by atoms with van der Waals surface area (Å²) in [6, 6.07) is 9.23. The van der Waals surface area contributed by atoms with Crippen LogP contribution in [-0.2, 0) is 4.79 Å². The molecule has 3 atom stereocenters. The zero-order valence-electron chi connectivity index (χ0n) is 13.2. The highest BCUT2D eigenvalue weighted by atomic mass is 19.3. The lowest BCUT2D eigenvalue weighted by Gasteiger charge is -2.15. The largest absolute Gasteiger partial charge is 0.326 e. The number of hydrogen-bond acceptors (Lipinski definition) is 3. The minimum absolute atomic E-state index is 0.174. The maximum atomic E-state index is 13.2. The molecule has 2 fully saturated rings. The van der Waals surface area contributed by atoms with Crippen molar-refractivity contribution in [2.75, 3.05) is 5.32 Å². The number of alkyl halides is 2. The molecule has 4 nitrogen and oxygen atoms in total. The predicted octanol–water partition coefficient (Wildman–Crippen LogP) is 3.68. The quantitative estimate of drug-likeness (QED) is 0.934. The predicted molar refractivity (Wildman–Crippen MR) is 85.5 cm³/mol. The topological polar surface area (TPSA) is 54.9 Å². The first-order chi connectivity index (χ1) is 11.5. The van der Waals surface area contributed by atoms with E-state index in [1.54, 1.807) is 12.3 Å². The summed E-state index contributed by atoms with van der Waals surface area (Å²) in [4.78, 5) is 12.3. The van der Waals surface area contributed by atoms with Crippen LogP contribution in [0.3, 0.4) is 0 Å². The summed E-state index contributed by atoms with van der Waals surface area (Å²) in [7, 11) is 0. The van der Waals surface area contributed by atoms with Crippen molar-refractivity contribution >= 4 is 11.6 Å². The van der Waals surface area contributed by atoms with E-state index in [1.165, 1.54) is 0 Å². The zero-order valence-corrected chi connectivity index (χ0v) is 13.2. The Morgan fingerprint density at radius 2 is 2.00 bits per heavy atom. The van der Waals surface area contributed by atoms with Gasteiger partial charge in [-0.05, 0) is 49.6 Å². The first-order valence-corrected chi connectivity index (χ1v) is 8.04. The van der Waals surface area contributed by atoms with E-state index < -0.39 is 17.8 Å². The highest BCUT2D eigenvalue weighted by Crippen LogP contribution is 2.65. The van der Waals surface area contributed by atoms with Gasteiger partial charge in [-0.1, -0.05) is 6.07 Å². The van der Waals surface area contributed by atoms with E-state index in [-0.39, 0.29) is 24.7 Å². The van der Waals surface area contributed by atoms with E-state index >= 15 is 0 Å². The second-order valence-electron chi connectivity index (χ2n) is 6.68. The van der Waals surface area contributed by atoms with Crippen molar-refractivity contribution in [3.8, 4) is 11.3 Å². The molecular weight excluding hydrogens is 312 g/mol. The molecule has 2 aliphatic carbocycles. The second kappa shape index (κ2) is 5.33. The molecule has 0 aliphatic heterocycles. The zero-order chi connectivity index (χ0) is 16.9. The van der Waals surface area contributed by atoms with E-state index in [0.29, 0.717) is 5.69 Å². The van der Waals surface area contributed by atoms with Crippen LogP contribution in [0.2, 0.25) is 0 Å². The molecule has 6 heteroatoms.